The van der Waals surface area contributed by atoms with Crippen molar-refractivity contribution in [2.75, 3.05) is 0 Å². The first-order chi connectivity index (χ1) is 10.1. The van der Waals surface area contributed by atoms with Crippen molar-refractivity contribution in [3.8, 4) is 10.6 Å². The summed E-state index contributed by atoms with van der Waals surface area (Å²) in [5.41, 5.74) is 7.70. The number of halogens is 1. The molecule has 0 bridgehead atoms. The van der Waals surface area contributed by atoms with Crippen LogP contribution in [-0.4, -0.2) is 9.97 Å². The van der Waals surface area contributed by atoms with Crippen LogP contribution < -0.4 is 5.73 Å². The van der Waals surface area contributed by atoms with Crippen molar-refractivity contribution in [2.24, 2.45) is 5.73 Å². The smallest absolute Gasteiger partial charge is 0.123 e. The number of rotatable bonds is 3. The zero-order valence-corrected chi connectivity index (χ0v) is 12.3. The highest BCUT2D eigenvalue weighted by Crippen LogP contribution is 2.34. The molecule has 2 aromatic heterocycles. The van der Waals surface area contributed by atoms with Gasteiger partial charge < -0.3 is 5.73 Å². The van der Waals surface area contributed by atoms with Crippen LogP contribution in [0.5, 0.6) is 0 Å². The highest BCUT2D eigenvalue weighted by atomic mass is 32.1. The predicted octanol–water partition coefficient (Wildman–Crippen LogP) is 3.57. The molecule has 1 atom stereocenters. The van der Waals surface area contributed by atoms with Gasteiger partial charge in [-0.25, -0.2) is 9.37 Å². The third-order valence-electron chi connectivity index (χ3n) is 3.39. The van der Waals surface area contributed by atoms with Gasteiger partial charge in [0.15, 0.2) is 0 Å². The Morgan fingerprint density at radius 2 is 1.76 bits per heavy atom. The molecule has 0 amide bonds. The fourth-order valence-electron chi connectivity index (χ4n) is 2.08. The molecule has 1 unspecified atom stereocenters. The van der Waals surface area contributed by atoms with Crippen molar-refractivity contribution in [3.05, 3.63) is 71.2 Å². The van der Waals surface area contributed by atoms with Gasteiger partial charge >= 0.3 is 0 Å². The second-order valence-corrected chi connectivity index (χ2v) is 6.01. The highest BCUT2D eigenvalue weighted by molar-refractivity contribution is 7.15. The fourth-order valence-corrected chi connectivity index (χ4v) is 3.08. The van der Waals surface area contributed by atoms with Gasteiger partial charge in [0, 0.05) is 29.0 Å². The van der Waals surface area contributed by atoms with Gasteiger partial charge in [0.2, 0.25) is 0 Å². The maximum Gasteiger partial charge on any atom is 0.123 e. The Hall–Kier alpha value is -2.11. The third kappa shape index (κ3) is 2.70. The van der Waals surface area contributed by atoms with E-state index in [1.54, 1.807) is 30.7 Å². The van der Waals surface area contributed by atoms with Crippen LogP contribution in [0.2, 0.25) is 0 Å². The summed E-state index contributed by atoms with van der Waals surface area (Å²) >= 11 is 1.51. The van der Waals surface area contributed by atoms with E-state index in [1.807, 2.05) is 19.1 Å². The Morgan fingerprint density at radius 3 is 2.43 bits per heavy atom. The van der Waals surface area contributed by atoms with Gasteiger partial charge in [-0.15, -0.1) is 11.3 Å². The topological polar surface area (TPSA) is 51.8 Å². The average molecular weight is 299 g/mol. The molecular formula is C16H14FN3S. The average Bonchev–Trinajstić information content (AvgIpc) is 2.99. The van der Waals surface area contributed by atoms with Gasteiger partial charge in [0.05, 0.1) is 5.54 Å². The van der Waals surface area contributed by atoms with E-state index in [4.69, 9.17) is 5.73 Å². The third-order valence-corrected chi connectivity index (χ3v) is 4.67. The van der Waals surface area contributed by atoms with Crippen LogP contribution in [0.3, 0.4) is 0 Å². The van der Waals surface area contributed by atoms with Crippen molar-refractivity contribution < 1.29 is 4.39 Å². The van der Waals surface area contributed by atoms with Crippen molar-refractivity contribution in [1.29, 1.82) is 0 Å². The molecule has 3 rings (SSSR count). The van der Waals surface area contributed by atoms with Crippen LogP contribution in [0.1, 0.15) is 17.4 Å². The molecule has 0 fully saturated rings. The van der Waals surface area contributed by atoms with E-state index in [1.165, 1.54) is 23.5 Å². The van der Waals surface area contributed by atoms with E-state index in [-0.39, 0.29) is 5.82 Å². The van der Waals surface area contributed by atoms with Crippen LogP contribution >= 0.6 is 11.3 Å². The first-order valence-electron chi connectivity index (χ1n) is 6.49. The van der Waals surface area contributed by atoms with Crippen LogP contribution in [0.4, 0.5) is 4.39 Å². The minimum absolute atomic E-state index is 0.254. The molecular weight excluding hydrogens is 285 g/mol. The molecule has 0 saturated heterocycles. The lowest BCUT2D eigenvalue weighted by Gasteiger charge is -2.23. The van der Waals surface area contributed by atoms with E-state index in [0.29, 0.717) is 0 Å². The first-order valence-corrected chi connectivity index (χ1v) is 7.30. The molecule has 2 heterocycles. The Labute approximate surface area is 126 Å². The summed E-state index contributed by atoms with van der Waals surface area (Å²) in [5, 5.41) is 0.829. The largest absolute Gasteiger partial charge is 0.317 e. The molecule has 3 aromatic rings. The van der Waals surface area contributed by atoms with Gasteiger partial charge in [-0.1, -0.05) is 0 Å². The molecule has 21 heavy (non-hydrogen) atoms. The summed E-state index contributed by atoms with van der Waals surface area (Å²) < 4.78 is 13.0. The van der Waals surface area contributed by atoms with E-state index in [0.717, 1.165) is 21.0 Å². The molecule has 0 aliphatic rings. The Bertz CT molecular complexity index is 736. The summed E-state index contributed by atoms with van der Waals surface area (Å²) in [4.78, 5) is 9.37. The van der Waals surface area contributed by atoms with E-state index in [9.17, 15) is 4.39 Å². The number of nitrogens with zero attached hydrogens (tertiary/aromatic N) is 2. The molecule has 1 aromatic carbocycles. The molecule has 106 valence electrons. The van der Waals surface area contributed by atoms with Crippen molar-refractivity contribution in [2.45, 2.75) is 12.5 Å². The normalized spacial score (nSPS) is 13.9. The summed E-state index contributed by atoms with van der Waals surface area (Å²) in [6.45, 7) is 1.95. The van der Waals surface area contributed by atoms with Gasteiger partial charge in [0.25, 0.3) is 0 Å². The molecule has 2 N–H and O–H groups in total. The van der Waals surface area contributed by atoms with Crippen molar-refractivity contribution >= 4 is 11.3 Å². The lowest BCUT2D eigenvalue weighted by atomic mass is 9.93. The van der Waals surface area contributed by atoms with Gasteiger partial charge in [-0.2, -0.15) is 0 Å². The van der Waals surface area contributed by atoms with Gasteiger partial charge in [0.1, 0.15) is 10.8 Å². The summed E-state index contributed by atoms with van der Waals surface area (Å²) in [5.74, 6) is -0.254. The standard InChI is InChI=1S/C16H14FN3S/c1-16(18,12-6-8-19-9-7-12)14-10-20-15(21-14)11-2-4-13(17)5-3-11/h2-10H,18H2,1H3. The Morgan fingerprint density at radius 1 is 1.10 bits per heavy atom. The van der Waals surface area contributed by atoms with Crippen LogP contribution in [0.15, 0.2) is 55.0 Å². The van der Waals surface area contributed by atoms with Crippen LogP contribution in [0, 0.1) is 5.82 Å². The van der Waals surface area contributed by atoms with E-state index in [2.05, 4.69) is 9.97 Å². The van der Waals surface area contributed by atoms with E-state index >= 15 is 0 Å². The number of pyridine rings is 1. The highest BCUT2D eigenvalue weighted by Gasteiger charge is 2.26. The van der Waals surface area contributed by atoms with Crippen LogP contribution in [0.25, 0.3) is 10.6 Å². The maximum atomic E-state index is 13.0. The number of thiazole rings is 1. The summed E-state index contributed by atoms with van der Waals surface area (Å²) in [6, 6.07) is 10.1. The number of hydrogen-bond acceptors (Lipinski definition) is 4. The molecule has 3 nitrogen and oxygen atoms in total. The zero-order valence-electron chi connectivity index (χ0n) is 11.5. The molecule has 0 saturated carbocycles. The number of aromatic nitrogens is 2. The zero-order chi connectivity index (χ0) is 14.9. The minimum atomic E-state index is -0.626. The Balaban J connectivity index is 1.96. The minimum Gasteiger partial charge on any atom is -0.317 e. The molecule has 0 radical (unpaired) electrons. The first kappa shape index (κ1) is 13.9. The fraction of sp³-hybridized carbons (Fsp3) is 0.125. The van der Waals surface area contributed by atoms with Gasteiger partial charge in [-0.3, -0.25) is 4.98 Å². The molecule has 0 aliphatic heterocycles. The molecule has 5 heteroatoms. The molecule has 0 spiro atoms. The number of nitrogens with two attached hydrogens (primary N) is 1. The van der Waals surface area contributed by atoms with Crippen molar-refractivity contribution in [3.63, 3.8) is 0 Å². The lowest BCUT2D eigenvalue weighted by molar-refractivity contribution is 0.614. The second-order valence-electron chi connectivity index (χ2n) is 4.97. The predicted molar refractivity (Wildman–Crippen MR) is 82.4 cm³/mol. The van der Waals surface area contributed by atoms with E-state index < -0.39 is 5.54 Å². The quantitative estimate of drug-likeness (QED) is 0.804. The van der Waals surface area contributed by atoms with Gasteiger partial charge in [-0.05, 0) is 48.9 Å². The number of benzene rings is 1. The van der Waals surface area contributed by atoms with Crippen molar-refractivity contribution in [1.82, 2.24) is 9.97 Å². The number of hydrogen-bond donors (Lipinski definition) is 1. The SMILES string of the molecule is CC(N)(c1ccncc1)c1cnc(-c2ccc(F)cc2)s1. The van der Waals surface area contributed by atoms with Crippen LogP contribution in [-0.2, 0) is 5.54 Å². The molecule has 0 aliphatic carbocycles. The summed E-state index contributed by atoms with van der Waals surface area (Å²) in [7, 11) is 0. The summed E-state index contributed by atoms with van der Waals surface area (Å²) in [6.07, 6.45) is 5.23. The monoisotopic (exact) mass is 299 g/mol. The maximum absolute atomic E-state index is 13.0. The second kappa shape index (κ2) is 5.35. The Kier molecular flexibility index (Phi) is 3.53. The lowest BCUT2D eigenvalue weighted by Crippen LogP contribution is -2.33.